The molecule has 0 amide bonds. The standard InChI is InChI=1S/C18H28N2O/c1-16(17-5-3-2-4-6-17)7-9-19-10-8-18(15-19)20-11-13-21-14-12-20/h2-6,16,18H,7-15H2,1H3/t16-,18+/m0/s1. The van der Waals surface area contributed by atoms with Gasteiger partial charge in [-0.2, -0.15) is 0 Å². The average molecular weight is 288 g/mol. The molecule has 0 aromatic heterocycles. The van der Waals surface area contributed by atoms with E-state index in [-0.39, 0.29) is 0 Å². The van der Waals surface area contributed by atoms with Gasteiger partial charge in [-0.15, -0.1) is 0 Å². The molecule has 0 spiro atoms. The number of morpholine rings is 1. The van der Waals surface area contributed by atoms with Gasteiger partial charge in [0.15, 0.2) is 0 Å². The molecule has 0 unspecified atom stereocenters. The number of hydrogen-bond donors (Lipinski definition) is 0. The van der Waals surface area contributed by atoms with Gasteiger partial charge in [-0.05, 0) is 37.4 Å². The average Bonchev–Trinajstić information content (AvgIpc) is 3.03. The second-order valence-electron chi connectivity index (χ2n) is 6.49. The minimum atomic E-state index is 0.661. The summed E-state index contributed by atoms with van der Waals surface area (Å²) in [6, 6.07) is 11.7. The van der Waals surface area contributed by atoms with Gasteiger partial charge in [0.1, 0.15) is 0 Å². The zero-order valence-corrected chi connectivity index (χ0v) is 13.2. The van der Waals surface area contributed by atoms with Gasteiger partial charge in [-0.1, -0.05) is 37.3 Å². The fourth-order valence-electron chi connectivity index (χ4n) is 3.58. The minimum Gasteiger partial charge on any atom is -0.379 e. The number of hydrogen-bond acceptors (Lipinski definition) is 3. The quantitative estimate of drug-likeness (QED) is 0.828. The number of nitrogens with zero attached hydrogens (tertiary/aromatic N) is 2. The van der Waals surface area contributed by atoms with Crippen LogP contribution in [0.25, 0.3) is 0 Å². The van der Waals surface area contributed by atoms with Crippen molar-refractivity contribution in [3.05, 3.63) is 35.9 Å². The van der Waals surface area contributed by atoms with Crippen molar-refractivity contribution in [2.45, 2.75) is 31.7 Å². The molecule has 0 radical (unpaired) electrons. The predicted molar refractivity (Wildman–Crippen MR) is 86.7 cm³/mol. The lowest BCUT2D eigenvalue weighted by Crippen LogP contribution is -2.44. The molecule has 1 aromatic rings. The van der Waals surface area contributed by atoms with E-state index in [4.69, 9.17) is 4.74 Å². The summed E-state index contributed by atoms with van der Waals surface area (Å²) in [5.41, 5.74) is 1.47. The summed E-state index contributed by atoms with van der Waals surface area (Å²) in [6.45, 7) is 10.2. The molecular formula is C18H28N2O. The Kier molecular flexibility index (Phi) is 5.28. The van der Waals surface area contributed by atoms with Crippen LogP contribution in [0.3, 0.4) is 0 Å². The highest BCUT2D eigenvalue weighted by molar-refractivity contribution is 5.18. The van der Waals surface area contributed by atoms with Gasteiger partial charge in [0.25, 0.3) is 0 Å². The molecule has 0 aliphatic carbocycles. The van der Waals surface area contributed by atoms with Crippen LogP contribution in [-0.2, 0) is 4.74 Å². The van der Waals surface area contributed by atoms with E-state index in [1.807, 2.05) is 0 Å². The van der Waals surface area contributed by atoms with Crippen LogP contribution in [0.4, 0.5) is 0 Å². The Hall–Kier alpha value is -0.900. The third kappa shape index (κ3) is 4.06. The number of ether oxygens (including phenoxy) is 1. The van der Waals surface area contributed by atoms with E-state index >= 15 is 0 Å². The van der Waals surface area contributed by atoms with Crippen molar-refractivity contribution in [3.63, 3.8) is 0 Å². The van der Waals surface area contributed by atoms with Crippen LogP contribution in [-0.4, -0.2) is 61.8 Å². The van der Waals surface area contributed by atoms with E-state index in [0.717, 1.165) is 32.3 Å². The number of rotatable bonds is 5. The molecule has 2 heterocycles. The second-order valence-corrected chi connectivity index (χ2v) is 6.49. The van der Waals surface area contributed by atoms with Gasteiger partial charge in [0.2, 0.25) is 0 Å². The second kappa shape index (κ2) is 7.39. The molecule has 0 bridgehead atoms. The Labute approximate surface area is 128 Å². The van der Waals surface area contributed by atoms with E-state index in [2.05, 4.69) is 47.1 Å². The SMILES string of the molecule is C[C@@H](CCN1CC[C@@H](N2CCOCC2)C1)c1ccccc1. The van der Waals surface area contributed by atoms with E-state index in [9.17, 15) is 0 Å². The Bertz CT molecular complexity index is 416. The van der Waals surface area contributed by atoms with Crippen molar-refractivity contribution in [3.8, 4) is 0 Å². The van der Waals surface area contributed by atoms with Gasteiger partial charge in [-0.3, -0.25) is 4.90 Å². The maximum atomic E-state index is 5.46. The first-order chi connectivity index (χ1) is 10.3. The molecule has 2 atom stereocenters. The predicted octanol–water partition coefficient (Wildman–Crippen LogP) is 2.59. The summed E-state index contributed by atoms with van der Waals surface area (Å²) in [4.78, 5) is 5.28. The molecule has 2 aliphatic rings. The van der Waals surface area contributed by atoms with Crippen molar-refractivity contribution in [1.82, 2.24) is 9.80 Å². The lowest BCUT2D eigenvalue weighted by molar-refractivity contribution is 0.0185. The molecule has 116 valence electrons. The van der Waals surface area contributed by atoms with Crippen molar-refractivity contribution < 1.29 is 4.74 Å². The van der Waals surface area contributed by atoms with Crippen molar-refractivity contribution in [2.24, 2.45) is 0 Å². The number of likely N-dealkylation sites (tertiary alicyclic amines) is 1. The summed E-state index contributed by atoms with van der Waals surface area (Å²) in [5, 5.41) is 0. The van der Waals surface area contributed by atoms with E-state index in [1.165, 1.54) is 38.0 Å². The van der Waals surface area contributed by atoms with Crippen LogP contribution in [0, 0.1) is 0 Å². The van der Waals surface area contributed by atoms with Crippen LogP contribution in [0.5, 0.6) is 0 Å². The summed E-state index contributed by atoms with van der Waals surface area (Å²) >= 11 is 0. The first-order valence-electron chi connectivity index (χ1n) is 8.42. The molecule has 2 saturated heterocycles. The fraction of sp³-hybridized carbons (Fsp3) is 0.667. The molecule has 3 heteroatoms. The smallest absolute Gasteiger partial charge is 0.0594 e. The lowest BCUT2D eigenvalue weighted by atomic mass is 9.98. The van der Waals surface area contributed by atoms with E-state index in [1.54, 1.807) is 0 Å². The fourth-order valence-corrected chi connectivity index (χ4v) is 3.58. The van der Waals surface area contributed by atoms with Gasteiger partial charge in [0, 0.05) is 25.7 Å². The normalized spacial score (nSPS) is 26.0. The highest BCUT2D eigenvalue weighted by Crippen LogP contribution is 2.22. The molecule has 0 saturated carbocycles. The van der Waals surface area contributed by atoms with Crippen LogP contribution in [0.1, 0.15) is 31.2 Å². The Balaban J connectivity index is 1.42. The molecule has 2 aliphatic heterocycles. The van der Waals surface area contributed by atoms with Crippen LogP contribution in [0.15, 0.2) is 30.3 Å². The zero-order chi connectivity index (χ0) is 14.5. The number of benzene rings is 1. The Morgan fingerprint density at radius 2 is 1.90 bits per heavy atom. The summed E-state index contributed by atoms with van der Waals surface area (Å²) in [6.07, 6.45) is 2.60. The third-order valence-electron chi connectivity index (χ3n) is 5.06. The van der Waals surface area contributed by atoms with Crippen LogP contribution < -0.4 is 0 Å². The molecule has 0 N–H and O–H groups in total. The molecule has 3 rings (SSSR count). The minimum absolute atomic E-state index is 0.661. The Morgan fingerprint density at radius 1 is 1.14 bits per heavy atom. The largest absolute Gasteiger partial charge is 0.379 e. The molecular weight excluding hydrogens is 260 g/mol. The summed E-state index contributed by atoms with van der Waals surface area (Å²) in [7, 11) is 0. The first kappa shape index (κ1) is 15.0. The van der Waals surface area contributed by atoms with E-state index < -0.39 is 0 Å². The van der Waals surface area contributed by atoms with Crippen LogP contribution in [0.2, 0.25) is 0 Å². The highest BCUT2D eigenvalue weighted by atomic mass is 16.5. The molecule has 1 aromatic carbocycles. The lowest BCUT2D eigenvalue weighted by Gasteiger charge is -2.32. The molecule has 2 fully saturated rings. The van der Waals surface area contributed by atoms with E-state index in [0.29, 0.717) is 5.92 Å². The van der Waals surface area contributed by atoms with Gasteiger partial charge in [0.05, 0.1) is 13.2 Å². The highest BCUT2D eigenvalue weighted by Gasteiger charge is 2.28. The Morgan fingerprint density at radius 3 is 2.67 bits per heavy atom. The summed E-state index contributed by atoms with van der Waals surface area (Å²) < 4.78 is 5.46. The molecule has 21 heavy (non-hydrogen) atoms. The van der Waals surface area contributed by atoms with Gasteiger partial charge >= 0.3 is 0 Å². The maximum Gasteiger partial charge on any atom is 0.0594 e. The zero-order valence-electron chi connectivity index (χ0n) is 13.2. The third-order valence-corrected chi connectivity index (χ3v) is 5.06. The van der Waals surface area contributed by atoms with Crippen molar-refractivity contribution >= 4 is 0 Å². The van der Waals surface area contributed by atoms with Crippen LogP contribution >= 0.6 is 0 Å². The topological polar surface area (TPSA) is 15.7 Å². The van der Waals surface area contributed by atoms with Crippen molar-refractivity contribution in [2.75, 3.05) is 45.9 Å². The van der Waals surface area contributed by atoms with Crippen molar-refractivity contribution in [1.29, 1.82) is 0 Å². The first-order valence-corrected chi connectivity index (χ1v) is 8.42. The summed E-state index contributed by atoms with van der Waals surface area (Å²) in [5.74, 6) is 0.661. The van der Waals surface area contributed by atoms with Gasteiger partial charge < -0.3 is 9.64 Å². The monoisotopic (exact) mass is 288 g/mol. The molecule has 3 nitrogen and oxygen atoms in total. The maximum absolute atomic E-state index is 5.46. The van der Waals surface area contributed by atoms with Gasteiger partial charge in [-0.25, -0.2) is 0 Å².